The average Bonchev–Trinajstić information content (AvgIpc) is 3.13. The molecule has 0 atom stereocenters. The highest BCUT2D eigenvalue weighted by Gasteiger charge is 2.95. The zero-order valence-electron chi connectivity index (χ0n) is 16.4. The van der Waals surface area contributed by atoms with Crippen molar-refractivity contribution in [3.63, 3.8) is 0 Å². The van der Waals surface area contributed by atoms with Gasteiger partial charge in [-0.1, -0.05) is 6.58 Å². The lowest BCUT2D eigenvalue weighted by molar-refractivity contribution is -0.575. The molecule has 0 aliphatic rings. The van der Waals surface area contributed by atoms with Crippen molar-refractivity contribution in [2.45, 2.75) is 66.9 Å². The molecule has 2 nitrogen and oxygen atoms in total. The molecule has 0 aliphatic carbocycles. The van der Waals surface area contributed by atoms with Crippen LogP contribution in [0.25, 0.3) is 6.20 Å². The van der Waals surface area contributed by atoms with E-state index in [0.29, 0.717) is 0 Å². The van der Waals surface area contributed by atoms with Gasteiger partial charge in [-0.3, -0.25) is 0 Å². The Morgan fingerprint density at radius 2 is 1.06 bits per heavy atom. The number of imidazole rings is 1. The number of aryl methyl sites for hydroxylation is 1. The van der Waals surface area contributed by atoms with E-state index < -0.39 is 66.9 Å². The van der Waals surface area contributed by atoms with Crippen molar-refractivity contribution in [1.82, 2.24) is 4.98 Å². The summed E-state index contributed by atoms with van der Waals surface area (Å²) in [6.07, 6.45) is -8.80. The van der Waals surface area contributed by atoms with E-state index in [2.05, 4.69) is 11.6 Å². The molecule has 0 fully saturated rings. The lowest BCUT2D eigenvalue weighted by atomic mass is 9.88. The van der Waals surface area contributed by atoms with E-state index in [0.717, 1.165) is 17.0 Å². The zero-order chi connectivity index (χ0) is 28.1. The molecule has 0 aliphatic heterocycles. The predicted molar refractivity (Wildman–Crippen MR) is 81.0 cm³/mol. The molecule has 0 amide bonds. The van der Waals surface area contributed by atoms with Crippen molar-refractivity contribution in [3.8, 4) is 0 Å². The molecule has 1 aromatic rings. The highest BCUT2D eigenvalue weighted by atomic mass is 19.4. The van der Waals surface area contributed by atoms with Crippen LogP contribution in [0, 0.1) is 0 Å². The Morgan fingerprint density at radius 3 is 1.46 bits per heavy atom. The van der Waals surface area contributed by atoms with Crippen LogP contribution in [0.4, 0.5) is 74.6 Å². The van der Waals surface area contributed by atoms with Gasteiger partial charge in [0.05, 0.1) is 6.20 Å². The Balaban J connectivity index is 3.36. The number of H-pyrrole nitrogens is 1. The molecular formula is C16H12F17N2+. The van der Waals surface area contributed by atoms with Gasteiger partial charge in [-0.05, 0) is 6.42 Å². The maximum Gasteiger partial charge on any atom is 0.460 e. The Labute approximate surface area is 183 Å². The highest BCUT2D eigenvalue weighted by molar-refractivity contribution is 5.15. The van der Waals surface area contributed by atoms with E-state index in [1.807, 2.05) is 0 Å². The summed E-state index contributed by atoms with van der Waals surface area (Å²) in [5.41, 5.74) is 0. The third-order valence-corrected chi connectivity index (χ3v) is 4.68. The smallest absolute Gasteiger partial charge is 0.247 e. The van der Waals surface area contributed by atoms with Gasteiger partial charge in [-0.2, -0.15) is 74.6 Å². The fourth-order valence-corrected chi connectivity index (χ4v) is 2.58. The summed E-state index contributed by atoms with van der Waals surface area (Å²) in [5, 5.41) is 0. The van der Waals surface area contributed by atoms with Gasteiger partial charge in [0.2, 0.25) is 0 Å². The van der Waals surface area contributed by atoms with Crippen LogP contribution in [-0.4, -0.2) is 52.6 Å². The summed E-state index contributed by atoms with van der Waals surface area (Å²) in [4.78, 5) is 2.34. The summed E-state index contributed by atoms with van der Waals surface area (Å²) >= 11 is 0. The molecule has 1 rings (SSSR count). The van der Waals surface area contributed by atoms with E-state index in [-0.39, 0.29) is 5.82 Å². The molecule has 0 saturated carbocycles. The highest BCUT2D eigenvalue weighted by Crippen LogP contribution is 2.64. The number of aromatic amines is 1. The minimum absolute atomic E-state index is 0.0863. The van der Waals surface area contributed by atoms with Gasteiger partial charge in [-0.15, -0.1) is 0 Å². The van der Waals surface area contributed by atoms with Crippen LogP contribution in [0.5, 0.6) is 0 Å². The summed E-state index contributed by atoms with van der Waals surface area (Å²) in [6, 6.07) is 0. The number of aromatic nitrogens is 2. The molecule has 0 unspecified atom stereocenters. The molecule has 35 heavy (non-hydrogen) atoms. The molecular weight excluding hydrogens is 543 g/mol. The summed E-state index contributed by atoms with van der Waals surface area (Å²) in [5.74, 6) is -56.2. The second kappa shape index (κ2) is 8.70. The normalized spacial score (nSPS) is 15.5. The Morgan fingerprint density at radius 1 is 0.657 bits per heavy atom. The quantitative estimate of drug-likeness (QED) is 0.231. The van der Waals surface area contributed by atoms with Crippen LogP contribution in [0.2, 0.25) is 0 Å². The van der Waals surface area contributed by atoms with Gasteiger partial charge in [0.25, 0.3) is 5.82 Å². The van der Waals surface area contributed by atoms with Crippen LogP contribution in [0.1, 0.15) is 18.7 Å². The summed E-state index contributed by atoms with van der Waals surface area (Å²) in [6.45, 7) is 3.23. The maximum absolute atomic E-state index is 13.8. The van der Waals surface area contributed by atoms with Crippen molar-refractivity contribution in [3.05, 3.63) is 24.8 Å². The summed E-state index contributed by atoms with van der Waals surface area (Å²) in [7, 11) is 0. The molecule has 0 saturated heterocycles. The molecule has 1 heterocycles. The first-order valence-electron chi connectivity index (χ1n) is 8.69. The van der Waals surface area contributed by atoms with Crippen LogP contribution < -0.4 is 4.57 Å². The SMILES string of the molecule is C=C[n+]1cc[nH]c1CCCC(F)(F)C(F)(F)C(F)(F)C(F)(F)C(F)(F)C(F)(F)C(F)(F)C(F)(F)F. The fraction of sp³-hybridized carbons (Fsp3) is 0.688. The number of hydrogen-bond donors (Lipinski definition) is 1. The number of hydrogen-bond acceptors (Lipinski definition) is 0. The third-order valence-electron chi connectivity index (χ3n) is 4.68. The van der Waals surface area contributed by atoms with Gasteiger partial charge in [0.1, 0.15) is 12.4 Å². The van der Waals surface area contributed by atoms with Gasteiger partial charge >= 0.3 is 47.6 Å². The second-order valence-corrected chi connectivity index (χ2v) is 7.00. The number of alkyl halides is 17. The molecule has 0 spiro atoms. The molecule has 0 radical (unpaired) electrons. The van der Waals surface area contributed by atoms with Gasteiger partial charge in [0, 0.05) is 12.8 Å². The van der Waals surface area contributed by atoms with Gasteiger partial charge < -0.3 is 0 Å². The van der Waals surface area contributed by atoms with Gasteiger partial charge in [0.15, 0.2) is 0 Å². The number of rotatable bonds is 11. The monoisotopic (exact) mass is 555 g/mol. The average molecular weight is 555 g/mol. The van der Waals surface area contributed by atoms with E-state index >= 15 is 0 Å². The van der Waals surface area contributed by atoms with E-state index in [9.17, 15) is 74.6 Å². The van der Waals surface area contributed by atoms with Gasteiger partial charge in [-0.25, -0.2) is 9.55 Å². The lowest BCUT2D eigenvalue weighted by Crippen LogP contribution is -2.74. The molecule has 0 bridgehead atoms. The van der Waals surface area contributed by atoms with Crippen LogP contribution in [-0.2, 0) is 6.42 Å². The minimum Gasteiger partial charge on any atom is -0.247 e. The Bertz CT molecular complexity index is 896. The number of nitrogens with zero attached hydrogens (tertiary/aromatic N) is 1. The second-order valence-electron chi connectivity index (χ2n) is 7.00. The first-order chi connectivity index (χ1) is 15.3. The molecule has 1 aromatic heterocycles. The first kappa shape index (κ1) is 30.8. The van der Waals surface area contributed by atoms with E-state index in [1.54, 1.807) is 0 Å². The molecule has 204 valence electrons. The van der Waals surface area contributed by atoms with Crippen molar-refractivity contribution in [2.75, 3.05) is 0 Å². The topological polar surface area (TPSA) is 19.7 Å². The van der Waals surface area contributed by atoms with Crippen molar-refractivity contribution in [1.29, 1.82) is 0 Å². The standard InChI is InChI=1S/C16H11F17N2/c1-2-35-7-6-34-8(35)4-3-5-9(17,18)10(19,20)11(21,22)12(23,24)13(25,26)14(27,28)15(29,30)16(31,32)33/h2,6-7H,1,3-5H2/p+1. The van der Waals surface area contributed by atoms with Crippen molar-refractivity contribution in [2.24, 2.45) is 0 Å². The van der Waals surface area contributed by atoms with E-state index in [1.165, 1.54) is 6.20 Å². The zero-order valence-corrected chi connectivity index (χ0v) is 16.4. The minimum atomic E-state index is -8.61. The van der Waals surface area contributed by atoms with Crippen molar-refractivity contribution >= 4 is 6.20 Å². The summed E-state index contributed by atoms with van der Waals surface area (Å²) < 4.78 is 225. The number of halogens is 17. The van der Waals surface area contributed by atoms with E-state index in [4.69, 9.17) is 0 Å². The molecule has 0 aromatic carbocycles. The van der Waals surface area contributed by atoms with Crippen LogP contribution in [0.3, 0.4) is 0 Å². The third kappa shape index (κ3) is 4.42. The predicted octanol–water partition coefficient (Wildman–Crippen LogP) is 6.73. The largest absolute Gasteiger partial charge is 0.460 e. The fourth-order valence-electron chi connectivity index (χ4n) is 2.58. The van der Waals surface area contributed by atoms with Crippen molar-refractivity contribution < 1.29 is 79.2 Å². The Kier molecular flexibility index (Phi) is 7.66. The number of nitrogens with one attached hydrogen (secondary N) is 1. The molecule has 19 heteroatoms. The molecule has 1 N–H and O–H groups in total. The Hall–Kier alpha value is -2.24. The first-order valence-corrected chi connectivity index (χ1v) is 8.69. The van der Waals surface area contributed by atoms with Crippen LogP contribution >= 0.6 is 0 Å². The lowest BCUT2D eigenvalue weighted by Gasteiger charge is -2.42. The maximum atomic E-state index is 13.8. The van der Waals surface area contributed by atoms with Crippen LogP contribution in [0.15, 0.2) is 19.0 Å².